The zero-order valence-corrected chi connectivity index (χ0v) is 11.4. The molecular weight excluding hydrogens is 252 g/mol. The van der Waals surface area contributed by atoms with Crippen molar-refractivity contribution in [2.24, 2.45) is 5.73 Å². The second kappa shape index (κ2) is 6.20. The van der Waals surface area contributed by atoms with Crippen LogP contribution in [0.5, 0.6) is 0 Å². The van der Waals surface area contributed by atoms with E-state index in [-0.39, 0.29) is 0 Å². The number of thiazole rings is 2. The van der Waals surface area contributed by atoms with Crippen molar-refractivity contribution in [2.75, 3.05) is 6.54 Å². The lowest BCUT2D eigenvalue weighted by Gasteiger charge is -1.99. The van der Waals surface area contributed by atoms with Gasteiger partial charge in [-0.25, -0.2) is 9.97 Å². The molecule has 0 aliphatic heterocycles. The standard InChI is InChI=1S/C11H16N4S2/c1-8-14-9(6-16-8)4-13-5-10-7-17-11(15-10)2-3-12/h6-7,13H,2-5,12H2,1H3. The fraction of sp³-hybridized carbons (Fsp3) is 0.455. The summed E-state index contributed by atoms with van der Waals surface area (Å²) in [5, 5.41) is 9.75. The van der Waals surface area contributed by atoms with Crippen LogP contribution in [0.2, 0.25) is 0 Å². The molecule has 3 N–H and O–H groups in total. The molecule has 0 saturated carbocycles. The van der Waals surface area contributed by atoms with Gasteiger partial charge in [-0.2, -0.15) is 0 Å². The summed E-state index contributed by atoms with van der Waals surface area (Å²) in [7, 11) is 0. The number of aryl methyl sites for hydroxylation is 1. The summed E-state index contributed by atoms with van der Waals surface area (Å²) in [5.74, 6) is 0. The van der Waals surface area contributed by atoms with Crippen LogP contribution in [0.4, 0.5) is 0 Å². The van der Waals surface area contributed by atoms with Gasteiger partial charge in [0.25, 0.3) is 0 Å². The summed E-state index contributed by atoms with van der Waals surface area (Å²) in [5.41, 5.74) is 7.68. The highest BCUT2D eigenvalue weighted by Crippen LogP contribution is 2.10. The second-order valence-electron chi connectivity index (χ2n) is 3.73. The molecule has 17 heavy (non-hydrogen) atoms. The summed E-state index contributed by atoms with van der Waals surface area (Å²) in [6.07, 6.45) is 0.871. The first-order valence-electron chi connectivity index (χ1n) is 5.53. The minimum absolute atomic E-state index is 0.665. The summed E-state index contributed by atoms with van der Waals surface area (Å²) >= 11 is 3.36. The third-order valence-electron chi connectivity index (χ3n) is 2.24. The third-order valence-corrected chi connectivity index (χ3v) is 4.02. The highest BCUT2D eigenvalue weighted by atomic mass is 32.1. The number of nitrogens with one attached hydrogen (secondary N) is 1. The minimum atomic E-state index is 0.665. The molecule has 0 amide bonds. The molecule has 0 unspecified atom stereocenters. The number of nitrogens with zero attached hydrogens (tertiary/aromatic N) is 2. The van der Waals surface area contributed by atoms with E-state index in [1.807, 2.05) is 6.92 Å². The van der Waals surface area contributed by atoms with Gasteiger partial charge in [-0.1, -0.05) is 0 Å². The number of aromatic nitrogens is 2. The lowest BCUT2D eigenvalue weighted by Crippen LogP contribution is -2.13. The fourth-order valence-corrected chi connectivity index (χ4v) is 2.90. The molecule has 0 bridgehead atoms. The van der Waals surface area contributed by atoms with Crippen molar-refractivity contribution in [1.82, 2.24) is 15.3 Å². The van der Waals surface area contributed by atoms with Gasteiger partial charge in [-0.3, -0.25) is 0 Å². The van der Waals surface area contributed by atoms with Crippen LogP contribution in [0, 0.1) is 6.92 Å². The summed E-state index contributed by atoms with van der Waals surface area (Å²) in [4.78, 5) is 8.89. The van der Waals surface area contributed by atoms with Gasteiger partial charge < -0.3 is 11.1 Å². The molecular formula is C11H16N4S2. The number of hydrogen-bond acceptors (Lipinski definition) is 6. The summed E-state index contributed by atoms with van der Waals surface area (Å²) in [6, 6.07) is 0. The van der Waals surface area contributed by atoms with E-state index in [2.05, 4.69) is 26.0 Å². The Morgan fingerprint density at radius 3 is 2.53 bits per heavy atom. The van der Waals surface area contributed by atoms with Crippen molar-refractivity contribution >= 4 is 22.7 Å². The van der Waals surface area contributed by atoms with E-state index in [1.165, 1.54) is 0 Å². The van der Waals surface area contributed by atoms with Gasteiger partial charge in [-0.15, -0.1) is 22.7 Å². The van der Waals surface area contributed by atoms with Gasteiger partial charge >= 0.3 is 0 Å². The Labute approximate surface area is 109 Å². The molecule has 0 aliphatic carbocycles. The smallest absolute Gasteiger partial charge is 0.0941 e. The van der Waals surface area contributed by atoms with Crippen LogP contribution in [0.15, 0.2) is 10.8 Å². The summed E-state index contributed by atoms with van der Waals surface area (Å²) < 4.78 is 0. The quantitative estimate of drug-likeness (QED) is 0.837. The molecule has 2 heterocycles. The van der Waals surface area contributed by atoms with Gasteiger partial charge in [0.05, 0.1) is 21.4 Å². The lowest BCUT2D eigenvalue weighted by atomic mass is 10.4. The zero-order chi connectivity index (χ0) is 12.1. The molecule has 0 spiro atoms. The molecule has 2 rings (SSSR count). The monoisotopic (exact) mass is 268 g/mol. The van der Waals surface area contributed by atoms with Gasteiger partial charge in [0.2, 0.25) is 0 Å². The minimum Gasteiger partial charge on any atom is -0.330 e. The van der Waals surface area contributed by atoms with E-state index in [4.69, 9.17) is 5.73 Å². The SMILES string of the molecule is Cc1nc(CNCc2csc(CCN)n2)cs1. The van der Waals surface area contributed by atoms with Crippen LogP contribution in [0.1, 0.15) is 21.4 Å². The molecule has 0 radical (unpaired) electrons. The van der Waals surface area contributed by atoms with Crippen molar-refractivity contribution in [1.29, 1.82) is 0 Å². The largest absolute Gasteiger partial charge is 0.330 e. The lowest BCUT2D eigenvalue weighted by molar-refractivity contribution is 0.670. The molecule has 2 aromatic heterocycles. The Kier molecular flexibility index (Phi) is 4.61. The first-order valence-corrected chi connectivity index (χ1v) is 7.29. The topological polar surface area (TPSA) is 63.8 Å². The van der Waals surface area contributed by atoms with E-state index in [9.17, 15) is 0 Å². The number of nitrogens with two attached hydrogens (primary N) is 1. The molecule has 0 aromatic carbocycles. The van der Waals surface area contributed by atoms with E-state index >= 15 is 0 Å². The highest BCUT2D eigenvalue weighted by Gasteiger charge is 2.02. The maximum absolute atomic E-state index is 5.49. The molecule has 92 valence electrons. The van der Waals surface area contributed by atoms with Crippen molar-refractivity contribution in [3.8, 4) is 0 Å². The average Bonchev–Trinajstić information content (AvgIpc) is 2.89. The normalized spacial score (nSPS) is 10.9. The van der Waals surface area contributed by atoms with Gasteiger partial charge in [0.1, 0.15) is 0 Å². The van der Waals surface area contributed by atoms with Crippen molar-refractivity contribution in [3.63, 3.8) is 0 Å². The molecule has 6 heteroatoms. The van der Waals surface area contributed by atoms with Crippen molar-refractivity contribution in [3.05, 3.63) is 32.2 Å². The van der Waals surface area contributed by atoms with Crippen LogP contribution in [-0.4, -0.2) is 16.5 Å². The van der Waals surface area contributed by atoms with Crippen LogP contribution in [0.25, 0.3) is 0 Å². The van der Waals surface area contributed by atoms with E-state index in [1.54, 1.807) is 22.7 Å². The first-order chi connectivity index (χ1) is 8.28. The Balaban J connectivity index is 1.77. The third kappa shape index (κ3) is 3.85. The Bertz CT molecular complexity index is 463. The fourth-order valence-electron chi connectivity index (χ4n) is 1.48. The van der Waals surface area contributed by atoms with Gasteiger partial charge in [0.15, 0.2) is 0 Å². The molecule has 4 nitrogen and oxygen atoms in total. The second-order valence-corrected chi connectivity index (χ2v) is 5.74. The molecule has 0 aliphatic rings. The number of rotatable bonds is 6. The zero-order valence-electron chi connectivity index (χ0n) is 9.77. The van der Waals surface area contributed by atoms with Crippen LogP contribution >= 0.6 is 22.7 Å². The van der Waals surface area contributed by atoms with Gasteiger partial charge in [-0.05, 0) is 13.5 Å². The van der Waals surface area contributed by atoms with E-state index in [0.717, 1.165) is 40.9 Å². The predicted octanol–water partition coefficient (Wildman–Crippen LogP) is 1.70. The van der Waals surface area contributed by atoms with Crippen molar-refractivity contribution < 1.29 is 0 Å². The molecule has 0 fully saturated rings. The van der Waals surface area contributed by atoms with Crippen LogP contribution in [-0.2, 0) is 19.5 Å². The predicted molar refractivity (Wildman–Crippen MR) is 72.3 cm³/mol. The molecule has 2 aromatic rings. The van der Waals surface area contributed by atoms with Crippen LogP contribution < -0.4 is 11.1 Å². The van der Waals surface area contributed by atoms with E-state index in [0.29, 0.717) is 6.54 Å². The number of hydrogen-bond donors (Lipinski definition) is 2. The maximum Gasteiger partial charge on any atom is 0.0941 e. The molecule has 0 saturated heterocycles. The first kappa shape index (κ1) is 12.6. The Hall–Kier alpha value is -0.820. The van der Waals surface area contributed by atoms with E-state index < -0.39 is 0 Å². The maximum atomic E-state index is 5.49. The van der Waals surface area contributed by atoms with Crippen LogP contribution in [0.3, 0.4) is 0 Å². The van der Waals surface area contributed by atoms with Crippen molar-refractivity contribution in [2.45, 2.75) is 26.4 Å². The van der Waals surface area contributed by atoms with Gasteiger partial charge in [0, 0.05) is 30.3 Å². The highest BCUT2D eigenvalue weighted by molar-refractivity contribution is 7.09. The average molecular weight is 268 g/mol. The molecule has 0 atom stereocenters. The Morgan fingerprint density at radius 1 is 1.18 bits per heavy atom. The Morgan fingerprint density at radius 2 is 1.88 bits per heavy atom. The summed E-state index contributed by atoms with van der Waals surface area (Å²) in [6.45, 7) is 4.28.